The van der Waals surface area contributed by atoms with Gasteiger partial charge in [-0.2, -0.15) is 0 Å². The minimum atomic E-state index is -0.358. The Morgan fingerprint density at radius 2 is 1.86 bits per heavy atom. The fourth-order valence-corrected chi connectivity index (χ4v) is 2.96. The number of halogens is 2. The van der Waals surface area contributed by atoms with Crippen molar-refractivity contribution in [2.45, 2.75) is 6.92 Å². The van der Waals surface area contributed by atoms with Crippen molar-refractivity contribution < 1.29 is 23.6 Å². The van der Waals surface area contributed by atoms with E-state index >= 15 is 0 Å². The van der Waals surface area contributed by atoms with Gasteiger partial charge in [0.1, 0.15) is 11.6 Å². The SMILES string of the molecule is CCN(C(=O)C[NH+](C)CC(=O)Nc1cc(Cl)ccc1OC)c1ccc(F)cc1. The minimum absolute atomic E-state index is 0.0857. The lowest BCUT2D eigenvalue weighted by Crippen LogP contribution is -3.11. The van der Waals surface area contributed by atoms with Crippen molar-refractivity contribution in [1.82, 2.24) is 0 Å². The number of benzene rings is 2. The highest BCUT2D eigenvalue weighted by atomic mass is 35.5. The molecule has 0 aliphatic heterocycles. The molecule has 6 nitrogen and oxygen atoms in total. The zero-order chi connectivity index (χ0) is 20.7. The van der Waals surface area contributed by atoms with Crippen LogP contribution in [0.25, 0.3) is 0 Å². The topological polar surface area (TPSA) is 63.1 Å². The lowest BCUT2D eigenvalue weighted by atomic mass is 10.2. The van der Waals surface area contributed by atoms with E-state index in [1.165, 1.54) is 19.2 Å². The van der Waals surface area contributed by atoms with Crippen LogP contribution in [0, 0.1) is 5.82 Å². The summed E-state index contributed by atoms with van der Waals surface area (Å²) in [7, 11) is 3.26. The van der Waals surface area contributed by atoms with Crippen LogP contribution in [0.15, 0.2) is 42.5 Å². The second-order valence-corrected chi connectivity index (χ2v) is 6.75. The van der Waals surface area contributed by atoms with E-state index in [2.05, 4.69) is 5.32 Å². The molecule has 2 aromatic carbocycles. The molecule has 2 rings (SSSR count). The Labute approximate surface area is 168 Å². The predicted octanol–water partition coefficient (Wildman–Crippen LogP) is 1.99. The second kappa shape index (κ2) is 10.1. The number of amides is 2. The van der Waals surface area contributed by atoms with Crippen LogP contribution in [0.4, 0.5) is 15.8 Å². The molecule has 0 aliphatic rings. The van der Waals surface area contributed by atoms with Gasteiger partial charge in [-0.25, -0.2) is 4.39 Å². The van der Waals surface area contributed by atoms with E-state index in [9.17, 15) is 14.0 Å². The number of likely N-dealkylation sites (N-methyl/N-ethyl adjacent to an activating group) is 2. The molecule has 0 aromatic heterocycles. The number of carbonyl (C=O) groups excluding carboxylic acids is 2. The molecule has 0 aliphatic carbocycles. The third kappa shape index (κ3) is 5.94. The lowest BCUT2D eigenvalue weighted by molar-refractivity contribution is -0.862. The molecule has 0 heterocycles. The fraction of sp³-hybridized carbons (Fsp3) is 0.300. The minimum Gasteiger partial charge on any atom is -0.495 e. The Balaban J connectivity index is 1.96. The number of anilines is 2. The first-order valence-corrected chi connectivity index (χ1v) is 9.22. The smallest absolute Gasteiger partial charge is 0.282 e. The first kappa shape index (κ1) is 21.7. The number of nitrogens with zero attached hydrogens (tertiary/aromatic N) is 1. The van der Waals surface area contributed by atoms with Crippen LogP contribution in [0.3, 0.4) is 0 Å². The molecular formula is C20H24ClFN3O3+. The molecule has 0 bridgehead atoms. The molecule has 0 radical (unpaired) electrons. The number of rotatable bonds is 8. The van der Waals surface area contributed by atoms with Crippen LogP contribution in [-0.4, -0.2) is 45.6 Å². The van der Waals surface area contributed by atoms with Gasteiger partial charge in [-0.15, -0.1) is 0 Å². The number of hydrogen-bond acceptors (Lipinski definition) is 3. The summed E-state index contributed by atoms with van der Waals surface area (Å²) in [5.74, 6) is -0.279. The first-order chi connectivity index (χ1) is 13.3. The van der Waals surface area contributed by atoms with Gasteiger partial charge in [0.2, 0.25) is 0 Å². The van der Waals surface area contributed by atoms with Gasteiger partial charge in [0.15, 0.2) is 13.1 Å². The number of hydrogen-bond donors (Lipinski definition) is 2. The zero-order valence-electron chi connectivity index (χ0n) is 16.1. The van der Waals surface area contributed by atoms with E-state index in [-0.39, 0.29) is 30.7 Å². The molecular weight excluding hydrogens is 385 g/mol. The average molecular weight is 409 g/mol. The highest BCUT2D eigenvalue weighted by Crippen LogP contribution is 2.27. The maximum atomic E-state index is 13.1. The average Bonchev–Trinajstić information content (AvgIpc) is 2.63. The van der Waals surface area contributed by atoms with Crippen molar-refractivity contribution in [2.24, 2.45) is 0 Å². The molecule has 1 unspecified atom stereocenters. The number of nitrogens with one attached hydrogen (secondary N) is 2. The summed E-state index contributed by atoms with van der Waals surface area (Å²) >= 11 is 5.96. The third-order valence-electron chi connectivity index (χ3n) is 4.11. The van der Waals surface area contributed by atoms with Gasteiger partial charge in [0.05, 0.1) is 19.8 Å². The number of ether oxygens (including phenoxy) is 1. The van der Waals surface area contributed by atoms with E-state index in [4.69, 9.17) is 16.3 Å². The van der Waals surface area contributed by atoms with Crippen LogP contribution in [-0.2, 0) is 9.59 Å². The Kier molecular flexibility index (Phi) is 7.78. The molecule has 28 heavy (non-hydrogen) atoms. The highest BCUT2D eigenvalue weighted by molar-refractivity contribution is 6.31. The van der Waals surface area contributed by atoms with Gasteiger partial charge in [0, 0.05) is 17.3 Å². The quantitative estimate of drug-likeness (QED) is 0.702. The standard InChI is InChI=1S/C20H23ClFN3O3/c1-4-25(16-8-6-15(22)7-9-16)20(27)13-24(2)12-19(26)23-17-11-14(21)5-10-18(17)28-3/h5-11H,4,12-13H2,1-3H3,(H,23,26)/p+1. The van der Waals surface area contributed by atoms with Gasteiger partial charge in [0.25, 0.3) is 11.8 Å². The molecule has 0 saturated heterocycles. The second-order valence-electron chi connectivity index (χ2n) is 6.32. The van der Waals surface area contributed by atoms with Crippen molar-refractivity contribution in [3.8, 4) is 5.75 Å². The third-order valence-corrected chi connectivity index (χ3v) is 4.34. The van der Waals surface area contributed by atoms with Crippen molar-refractivity contribution in [3.05, 3.63) is 53.3 Å². The van der Waals surface area contributed by atoms with E-state index in [0.717, 1.165) is 0 Å². The van der Waals surface area contributed by atoms with Crippen molar-refractivity contribution in [1.29, 1.82) is 0 Å². The summed E-state index contributed by atoms with van der Waals surface area (Å²) in [6.45, 7) is 2.49. The molecule has 2 N–H and O–H groups in total. The van der Waals surface area contributed by atoms with E-state index in [1.807, 2.05) is 6.92 Å². The Hall–Kier alpha value is -2.64. The van der Waals surface area contributed by atoms with Crippen LogP contribution in [0.5, 0.6) is 5.75 Å². The molecule has 8 heteroatoms. The van der Waals surface area contributed by atoms with Crippen LogP contribution < -0.4 is 19.9 Å². The van der Waals surface area contributed by atoms with E-state index in [1.54, 1.807) is 42.3 Å². The van der Waals surface area contributed by atoms with Crippen LogP contribution in [0.2, 0.25) is 5.02 Å². The number of carbonyl (C=O) groups is 2. The normalized spacial score (nSPS) is 11.6. The first-order valence-electron chi connectivity index (χ1n) is 8.84. The molecule has 0 saturated carbocycles. The van der Waals surface area contributed by atoms with Crippen molar-refractivity contribution >= 4 is 34.8 Å². The van der Waals surface area contributed by atoms with Crippen LogP contribution in [0.1, 0.15) is 6.92 Å². The van der Waals surface area contributed by atoms with E-state index < -0.39 is 0 Å². The Bertz CT molecular complexity index is 830. The lowest BCUT2D eigenvalue weighted by Gasteiger charge is -2.22. The van der Waals surface area contributed by atoms with Gasteiger partial charge >= 0.3 is 0 Å². The molecule has 1 atom stereocenters. The molecule has 0 spiro atoms. The fourth-order valence-electron chi connectivity index (χ4n) is 2.79. The Morgan fingerprint density at radius 3 is 2.46 bits per heavy atom. The summed E-state index contributed by atoms with van der Waals surface area (Å²) in [5, 5.41) is 3.23. The summed E-state index contributed by atoms with van der Waals surface area (Å²) in [6, 6.07) is 10.7. The van der Waals surface area contributed by atoms with E-state index in [0.29, 0.717) is 33.6 Å². The van der Waals surface area contributed by atoms with Crippen molar-refractivity contribution in [2.75, 3.05) is 44.0 Å². The summed E-state index contributed by atoms with van der Waals surface area (Å²) < 4.78 is 18.3. The van der Waals surface area contributed by atoms with Gasteiger partial charge < -0.3 is 19.9 Å². The molecule has 2 amide bonds. The summed E-state index contributed by atoms with van der Waals surface area (Å²) in [5.41, 5.74) is 1.09. The summed E-state index contributed by atoms with van der Waals surface area (Å²) in [4.78, 5) is 27.2. The molecule has 0 fully saturated rings. The number of quaternary nitrogens is 1. The monoisotopic (exact) mass is 408 g/mol. The summed E-state index contributed by atoms with van der Waals surface area (Å²) in [6.07, 6.45) is 0. The van der Waals surface area contributed by atoms with Crippen LogP contribution >= 0.6 is 11.6 Å². The maximum absolute atomic E-state index is 13.1. The zero-order valence-corrected chi connectivity index (χ0v) is 16.8. The van der Waals surface area contributed by atoms with Gasteiger partial charge in [-0.05, 0) is 49.4 Å². The number of methoxy groups -OCH3 is 1. The largest absolute Gasteiger partial charge is 0.495 e. The highest BCUT2D eigenvalue weighted by Gasteiger charge is 2.20. The van der Waals surface area contributed by atoms with Crippen molar-refractivity contribution in [3.63, 3.8) is 0 Å². The molecule has 2 aromatic rings. The Morgan fingerprint density at radius 1 is 1.18 bits per heavy atom. The van der Waals surface area contributed by atoms with Gasteiger partial charge in [-0.3, -0.25) is 9.59 Å². The van der Waals surface area contributed by atoms with Gasteiger partial charge in [-0.1, -0.05) is 11.6 Å². The molecule has 150 valence electrons. The predicted molar refractivity (Wildman–Crippen MR) is 108 cm³/mol. The maximum Gasteiger partial charge on any atom is 0.282 e.